The maximum atomic E-state index is 12.3. The zero-order chi connectivity index (χ0) is 12.3. The van der Waals surface area contributed by atoms with Crippen molar-refractivity contribution in [2.24, 2.45) is 0 Å². The highest BCUT2D eigenvalue weighted by Gasteiger charge is 2.12. The van der Waals surface area contributed by atoms with E-state index in [-0.39, 0.29) is 11.6 Å². The lowest BCUT2D eigenvalue weighted by atomic mass is 10.1. The van der Waals surface area contributed by atoms with Gasteiger partial charge in [0.2, 0.25) is 0 Å². The van der Waals surface area contributed by atoms with Gasteiger partial charge in [-0.05, 0) is 45.9 Å². The molecule has 0 aliphatic heterocycles. The van der Waals surface area contributed by atoms with E-state index in [9.17, 15) is 4.79 Å². The largest absolute Gasteiger partial charge is 0.315 e. The smallest absolute Gasteiger partial charge is 0.255 e. The normalized spacial score (nSPS) is 12.8. The summed E-state index contributed by atoms with van der Waals surface area (Å²) in [6.07, 6.45) is 0.975. The van der Waals surface area contributed by atoms with Gasteiger partial charge in [0.25, 0.3) is 5.56 Å². The van der Waals surface area contributed by atoms with Gasteiger partial charge in [-0.3, -0.25) is 4.79 Å². The Balaban J connectivity index is 3.39. The summed E-state index contributed by atoms with van der Waals surface area (Å²) in [5.41, 5.74) is 3.17. The lowest BCUT2D eigenvalue weighted by Crippen LogP contribution is -2.30. The summed E-state index contributed by atoms with van der Waals surface area (Å²) in [4.78, 5) is 12.3. The van der Waals surface area contributed by atoms with Crippen molar-refractivity contribution in [1.82, 2.24) is 9.88 Å². The summed E-state index contributed by atoms with van der Waals surface area (Å²) < 4.78 is 1.90. The van der Waals surface area contributed by atoms with E-state index in [0.29, 0.717) is 6.54 Å². The Morgan fingerprint density at radius 2 is 2.06 bits per heavy atom. The second kappa shape index (κ2) is 5.30. The minimum Gasteiger partial charge on any atom is -0.315 e. The van der Waals surface area contributed by atoms with Crippen molar-refractivity contribution in [2.45, 2.75) is 46.7 Å². The van der Waals surface area contributed by atoms with Crippen molar-refractivity contribution in [1.29, 1.82) is 0 Å². The quantitative estimate of drug-likeness (QED) is 0.847. The van der Waals surface area contributed by atoms with Crippen molar-refractivity contribution in [3.63, 3.8) is 0 Å². The molecule has 1 unspecified atom stereocenters. The highest BCUT2D eigenvalue weighted by Crippen LogP contribution is 2.13. The molecular formula is C13H22N2O. The monoisotopic (exact) mass is 222 g/mol. The van der Waals surface area contributed by atoms with E-state index in [4.69, 9.17) is 0 Å². The Morgan fingerprint density at radius 3 is 2.56 bits per heavy atom. The molecule has 0 spiro atoms. The van der Waals surface area contributed by atoms with E-state index in [1.807, 2.05) is 25.5 Å². The summed E-state index contributed by atoms with van der Waals surface area (Å²) in [7, 11) is 1.87. The summed E-state index contributed by atoms with van der Waals surface area (Å²) in [6.45, 7) is 8.84. The number of pyridine rings is 1. The first-order valence-corrected chi connectivity index (χ1v) is 5.89. The average molecular weight is 222 g/mol. The maximum Gasteiger partial charge on any atom is 0.255 e. The van der Waals surface area contributed by atoms with E-state index in [1.165, 1.54) is 0 Å². The van der Waals surface area contributed by atoms with Crippen molar-refractivity contribution in [3.8, 4) is 0 Å². The molecule has 3 nitrogen and oxygen atoms in total. The molecule has 1 heterocycles. The lowest BCUT2D eigenvalue weighted by molar-refractivity contribution is 0.497. The van der Waals surface area contributed by atoms with Gasteiger partial charge in [0.15, 0.2) is 0 Å². The molecule has 90 valence electrons. The molecule has 1 aromatic heterocycles. The van der Waals surface area contributed by atoms with E-state index in [1.54, 1.807) is 0 Å². The van der Waals surface area contributed by atoms with Crippen LogP contribution in [0.4, 0.5) is 0 Å². The predicted molar refractivity (Wildman–Crippen MR) is 67.9 cm³/mol. The predicted octanol–water partition coefficient (Wildman–Crippen LogP) is 2.16. The van der Waals surface area contributed by atoms with Crippen LogP contribution in [0.2, 0.25) is 0 Å². The summed E-state index contributed by atoms with van der Waals surface area (Å²) >= 11 is 0. The molecule has 1 N–H and O–H groups in total. The molecule has 1 rings (SSSR count). The van der Waals surface area contributed by atoms with Crippen LogP contribution in [0.3, 0.4) is 0 Å². The first kappa shape index (κ1) is 13.0. The lowest BCUT2D eigenvalue weighted by Gasteiger charge is -2.19. The second-order valence-electron chi connectivity index (χ2n) is 4.41. The molecule has 1 atom stereocenters. The Morgan fingerprint density at radius 1 is 1.44 bits per heavy atom. The second-order valence-corrected chi connectivity index (χ2v) is 4.41. The number of aromatic nitrogens is 1. The number of hydrogen-bond donors (Lipinski definition) is 1. The SMILES string of the molecule is CCC(C)n1c(C)cc(C)c(CNC)c1=O. The number of nitrogens with one attached hydrogen (secondary N) is 1. The van der Waals surface area contributed by atoms with E-state index < -0.39 is 0 Å². The highest BCUT2D eigenvalue weighted by atomic mass is 16.1. The van der Waals surface area contributed by atoms with Crippen LogP contribution in [0.15, 0.2) is 10.9 Å². The average Bonchev–Trinajstić information content (AvgIpc) is 2.23. The van der Waals surface area contributed by atoms with Crippen molar-refractivity contribution >= 4 is 0 Å². The van der Waals surface area contributed by atoms with Crippen LogP contribution >= 0.6 is 0 Å². The van der Waals surface area contributed by atoms with Crippen molar-refractivity contribution in [3.05, 3.63) is 33.2 Å². The van der Waals surface area contributed by atoms with Gasteiger partial charge < -0.3 is 9.88 Å². The fourth-order valence-electron chi connectivity index (χ4n) is 2.07. The number of hydrogen-bond acceptors (Lipinski definition) is 2. The molecule has 1 aromatic rings. The highest BCUT2D eigenvalue weighted by molar-refractivity contribution is 5.26. The fourth-order valence-corrected chi connectivity index (χ4v) is 2.07. The molecule has 0 aliphatic carbocycles. The zero-order valence-electron chi connectivity index (χ0n) is 10.9. The third-order valence-corrected chi connectivity index (χ3v) is 3.14. The van der Waals surface area contributed by atoms with Crippen LogP contribution in [0.5, 0.6) is 0 Å². The van der Waals surface area contributed by atoms with Crippen LogP contribution in [-0.4, -0.2) is 11.6 Å². The Hall–Kier alpha value is -1.09. The molecule has 0 bridgehead atoms. The van der Waals surface area contributed by atoms with Crippen LogP contribution in [0.25, 0.3) is 0 Å². The third kappa shape index (κ3) is 2.35. The van der Waals surface area contributed by atoms with E-state index >= 15 is 0 Å². The zero-order valence-corrected chi connectivity index (χ0v) is 10.9. The van der Waals surface area contributed by atoms with Crippen LogP contribution in [0, 0.1) is 13.8 Å². The van der Waals surface area contributed by atoms with Crippen LogP contribution < -0.4 is 10.9 Å². The molecule has 3 heteroatoms. The maximum absolute atomic E-state index is 12.3. The summed E-state index contributed by atoms with van der Waals surface area (Å²) in [5, 5.41) is 3.06. The standard InChI is InChI=1S/C13H22N2O/c1-6-10(3)15-11(4)7-9(2)12(8-14-5)13(15)16/h7,10,14H,6,8H2,1-5H3. The Bertz CT molecular complexity index is 421. The molecular weight excluding hydrogens is 200 g/mol. The van der Waals surface area contributed by atoms with Gasteiger partial charge in [0, 0.05) is 23.8 Å². The van der Waals surface area contributed by atoms with Gasteiger partial charge in [0.05, 0.1) is 0 Å². The molecule has 0 aromatic carbocycles. The van der Waals surface area contributed by atoms with Gasteiger partial charge >= 0.3 is 0 Å². The fraction of sp³-hybridized carbons (Fsp3) is 0.615. The first-order chi connectivity index (χ1) is 7.52. The van der Waals surface area contributed by atoms with Crippen LogP contribution in [0.1, 0.15) is 43.1 Å². The number of nitrogens with zero attached hydrogens (tertiary/aromatic N) is 1. The summed E-state index contributed by atoms with van der Waals surface area (Å²) in [5.74, 6) is 0. The van der Waals surface area contributed by atoms with Gasteiger partial charge in [0.1, 0.15) is 0 Å². The molecule has 0 aliphatic rings. The van der Waals surface area contributed by atoms with Gasteiger partial charge in [-0.1, -0.05) is 6.92 Å². The van der Waals surface area contributed by atoms with Gasteiger partial charge in [-0.2, -0.15) is 0 Å². The van der Waals surface area contributed by atoms with E-state index in [2.05, 4.69) is 25.2 Å². The number of rotatable bonds is 4. The third-order valence-electron chi connectivity index (χ3n) is 3.14. The van der Waals surface area contributed by atoms with Crippen molar-refractivity contribution < 1.29 is 0 Å². The molecule has 16 heavy (non-hydrogen) atoms. The van der Waals surface area contributed by atoms with Gasteiger partial charge in [-0.15, -0.1) is 0 Å². The van der Waals surface area contributed by atoms with Crippen LogP contribution in [-0.2, 0) is 6.54 Å². The topological polar surface area (TPSA) is 34.0 Å². The first-order valence-electron chi connectivity index (χ1n) is 5.89. The molecule has 0 fully saturated rings. The molecule has 0 saturated heterocycles. The van der Waals surface area contributed by atoms with Crippen molar-refractivity contribution in [2.75, 3.05) is 7.05 Å². The summed E-state index contributed by atoms with van der Waals surface area (Å²) in [6, 6.07) is 2.36. The van der Waals surface area contributed by atoms with E-state index in [0.717, 1.165) is 23.2 Å². The Kier molecular flexibility index (Phi) is 4.30. The molecule has 0 amide bonds. The Labute approximate surface area is 97.5 Å². The number of aryl methyl sites for hydroxylation is 2. The molecule has 0 saturated carbocycles. The minimum absolute atomic E-state index is 0.154. The molecule has 0 radical (unpaired) electrons. The minimum atomic E-state index is 0.154. The van der Waals surface area contributed by atoms with Gasteiger partial charge in [-0.25, -0.2) is 0 Å².